The molecular formula is C15H17BrN4O3S3. The van der Waals surface area contributed by atoms with Crippen molar-refractivity contribution < 1.29 is 13.2 Å². The first-order chi connectivity index (χ1) is 12.4. The molecule has 1 N–H and O–H groups in total. The Balaban J connectivity index is 1.34. The van der Waals surface area contributed by atoms with Crippen LogP contribution in [0.5, 0.6) is 0 Å². The third-order valence-corrected chi connectivity index (χ3v) is 9.56. The lowest BCUT2D eigenvalue weighted by Crippen LogP contribution is -2.41. The molecule has 2 aromatic rings. The number of nitrogens with zero attached hydrogens (tertiary/aromatic N) is 3. The van der Waals surface area contributed by atoms with E-state index in [0.717, 1.165) is 21.6 Å². The first kappa shape index (κ1) is 18.5. The van der Waals surface area contributed by atoms with E-state index < -0.39 is 10.0 Å². The van der Waals surface area contributed by atoms with Crippen LogP contribution in [-0.4, -0.2) is 41.9 Å². The quantitative estimate of drug-likeness (QED) is 0.714. The summed E-state index contributed by atoms with van der Waals surface area (Å²) < 4.78 is 27.9. The number of carbonyl (C=O) groups is 1. The van der Waals surface area contributed by atoms with E-state index in [1.807, 2.05) is 0 Å². The van der Waals surface area contributed by atoms with Gasteiger partial charge >= 0.3 is 0 Å². The number of amides is 1. The third-order valence-electron chi connectivity index (χ3n) is 4.56. The van der Waals surface area contributed by atoms with E-state index >= 15 is 0 Å². The van der Waals surface area contributed by atoms with Gasteiger partial charge in [-0.1, -0.05) is 11.3 Å². The van der Waals surface area contributed by atoms with Gasteiger partial charge in [-0.3, -0.25) is 4.79 Å². The fourth-order valence-electron chi connectivity index (χ4n) is 2.91. The maximum absolute atomic E-state index is 12.6. The van der Waals surface area contributed by atoms with Crippen molar-refractivity contribution in [1.29, 1.82) is 0 Å². The van der Waals surface area contributed by atoms with Crippen molar-refractivity contribution in [3.8, 4) is 0 Å². The van der Waals surface area contributed by atoms with Gasteiger partial charge in [0.05, 0.1) is 3.79 Å². The highest BCUT2D eigenvalue weighted by Crippen LogP contribution is 2.42. The van der Waals surface area contributed by atoms with Crippen molar-refractivity contribution >= 4 is 59.7 Å². The minimum Gasteiger partial charge on any atom is -0.300 e. The van der Waals surface area contributed by atoms with Gasteiger partial charge in [0.25, 0.3) is 10.0 Å². The van der Waals surface area contributed by atoms with Gasteiger partial charge in [0.15, 0.2) is 0 Å². The van der Waals surface area contributed by atoms with Gasteiger partial charge in [-0.15, -0.1) is 21.5 Å². The molecule has 2 aliphatic rings. The Hall–Kier alpha value is -0.880. The number of rotatable bonds is 5. The second-order valence-corrected chi connectivity index (χ2v) is 12.1. The molecule has 0 unspecified atom stereocenters. The van der Waals surface area contributed by atoms with E-state index in [4.69, 9.17) is 0 Å². The standard InChI is InChI=1S/C15H17BrN4O3S3/c16-11-3-4-12(24-11)26(22,23)20-7-5-9(6-8-20)13(21)17-15-19-18-14(25-15)10-1-2-10/h3-4,9-10H,1-2,5-8H2,(H,17,19,21). The summed E-state index contributed by atoms with van der Waals surface area (Å²) in [4.78, 5) is 12.4. The summed E-state index contributed by atoms with van der Waals surface area (Å²) >= 11 is 5.93. The van der Waals surface area contributed by atoms with Gasteiger partial charge in [0.2, 0.25) is 11.0 Å². The molecule has 0 spiro atoms. The minimum absolute atomic E-state index is 0.0978. The summed E-state index contributed by atoms with van der Waals surface area (Å²) in [6, 6.07) is 3.34. The van der Waals surface area contributed by atoms with Crippen LogP contribution in [0.2, 0.25) is 0 Å². The second-order valence-electron chi connectivity index (χ2n) is 6.45. The molecule has 2 fully saturated rings. The first-order valence-electron chi connectivity index (χ1n) is 8.33. The molecule has 0 aromatic carbocycles. The summed E-state index contributed by atoms with van der Waals surface area (Å²) in [5, 5.41) is 12.5. The number of nitrogens with one attached hydrogen (secondary N) is 1. The van der Waals surface area contributed by atoms with Gasteiger partial charge in [-0.25, -0.2) is 8.42 Å². The van der Waals surface area contributed by atoms with Crippen LogP contribution in [0.1, 0.15) is 36.6 Å². The summed E-state index contributed by atoms with van der Waals surface area (Å²) in [6.45, 7) is 0.693. The normalized spacial score (nSPS) is 19.6. The third kappa shape index (κ3) is 3.86. The highest BCUT2D eigenvalue weighted by molar-refractivity contribution is 9.11. The SMILES string of the molecule is O=C(Nc1nnc(C2CC2)s1)C1CCN(S(=O)(=O)c2ccc(Br)s2)CC1. The summed E-state index contributed by atoms with van der Waals surface area (Å²) in [7, 11) is -3.48. The van der Waals surface area contributed by atoms with Crippen molar-refractivity contribution in [2.75, 3.05) is 18.4 Å². The van der Waals surface area contributed by atoms with E-state index in [0.29, 0.717) is 41.2 Å². The van der Waals surface area contributed by atoms with Gasteiger partial charge in [-0.2, -0.15) is 4.31 Å². The van der Waals surface area contributed by atoms with Crippen LogP contribution in [0, 0.1) is 5.92 Å². The second kappa shape index (κ2) is 7.27. The van der Waals surface area contributed by atoms with Crippen LogP contribution in [0.15, 0.2) is 20.1 Å². The number of anilines is 1. The first-order valence-corrected chi connectivity index (χ1v) is 12.2. The number of thiophene rings is 1. The lowest BCUT2D eigenvalue weighted by Gasteiger charge is -2.29. The average Bonchev–Trinajstić information content (AvgIpc) is 3.21. The summed E-state index contributed by atoms with van der Waals surface area (Å²) in [5.74, 6) is 0.216. The number of piperidine rings is 1. The van der Waals surface area contributed by atoms with Gasteiger partial charge in [0, 0.05) is 24.9 Å². The van der Waals surface area contributed by atoms with Crippen molar-refractivity contribution in [2.45, 2.75) is 35.8 Å². The summed E-state index contributed by atoms with van der Waals surface area (Å²) in [6.07, 6.45) is 3.31. The number of hydrogen-bond donors (Lipinski definition) is 1. The Bertz CT molecular complexity index is 914. The number of carbonyl (C=O) groups excluding carboxylic acids is 1. The molecule has 4 rings (SSSR count). The van der Waals surface area contributed by atoms with Crippen LogP contribution >= 0.6 is 38.6 Å². The molecule has 26 heavy (non-hydrogen) atoms. The maximum atomic E-state index is 12.6. The van der Waals surface area contributed by atoms with Crippen molar-refractivity contribution in [3.05, 3.63) is 20.9 Å². The zero-order chi connectivity index (χ0) is 18.3. The predicted molar refractivity (Wildman–Crippen MR) is 104 cm³/mol. The Labute approximate surface area is 168 Å². The fraction of sp³-hybridized carbons (Fsp3) is 0.533. The number of sulfonamides is 1. The Morgan fingerprint density at radius 1 is 1.15 bits per heavy atom. The van der Waals surface area contributed by atoms with Crippen LogP contribution in [0.25, 0.3) is 0 Å². The highest BCUT2D eigenvalue weighted by Gasteiger charge is 2.33. The van der Waals surface area contributed by atoms with E-state index in [-0.39, 0.29) is 11.8 Å². The van der Waals surface area contributed by atoms with Crippen molar-refractivity contribution in [3.63, 3.8) is 0 Å². The highest BCUT2D eigenvalue weighted by atomic mass is 79.9. The molecule has 1 aliphatic heterocycles. The molecular weight excluding hydrogens is 460 g/mol. The monoisotopic (exact) mass is 476 g/mol. The van der Waals surface area contributed by atoms with E-state index in [1.54, 1.807) is 12.1 Å². The van der Waals surface area contributed by atoms with Crippen molar-refractivity contribution in [1.82, 2.24) is 14.5 Å². The number of halogens is 1. The largest absolute Gasteiger partial charge is 0.300 e. The fourth-order valence-corrected chi connectivity index (χ4v) is 7.46. The zero-order valence-electron chi connectivity index (χ0n) is 13.7. The van der Waals surface area contributed by atoms with E-state index in [1.165, 1.54) is 27.0 Å². The van der Waals surface area contributed by atoms with Gasteiger partial charge in [-0.05, 0) is 53.7 Å². The van der Waals surface area contributed by atoms with Gasteiger partial charge < -0.3 is 5.32 Å². The van der Waals surface area contributed by atoms with Gasteiger partial charge in [0.1, 0.15) is 9.22 Å². The van der Waals surface area contributed by atoms with E-state index in [9.17, 15) is 13.2 Å². The van der Waals surface area contributed by atoms with E-state index in [2.05, 4.69) is 31.4 Å². The molecule has 1 amide bonds. The maximum Gasteiger partial charge on any atom is 0.252 e. The van der Waals surface area contributed by atoms with Crippen LogP contribution < -0.4 is 5.32 Å². The lowest BCUT2D eigenvalue weighted by molar-refractivity contribution is -0.120. The van der Waals surface area contributed by atoms with Crippen molar-refractivity contribution in [2.24, 2.45) is 5.92 Å². The number of hydrogen-bond acceptors (Lipinski definition) is 7. The molecule has 1 aliphatic carbocycles. The topological polar surface area (TPSA) is 92.3 Å². The molecule has 1 saturated heterocycles. The molecule has 0 radical (unpaired) electrons. The molecule has 7 nitrogen and oxygen atoms in total. The predicted octanol–water partition coefficient (Wildman–Crippen LogP) is 3.28. The average molecular weight is 477 g/mol. The molecule has 3 heterocycles. The lowest BCUT2D eigenvalue weighted by atomic mass is 9.97. The zero-order valence-corrected chi connectivity index (χ0v) is 17.8. The molecule has 140 valence electrons. The van der Waals surface area contributed by atoms with Crippen LogP contribution in [0.4, 0.5) is 5.13 Å². The Morgan fingerprint density at radius 3 is 2.50 bits per heavy atom. The Morgan fingerprint density at radius 2 is 1.88 bits per heavy atom. The molecule has 11 heteroatoms. The summed E-state index contributed by atoms with van der Waals surface area (Å²) in [5.41, 5.74) is 0. The smallest absolute Gasteiger partial charge is 0.252 e. The molecule has 2 aromatic heterocycles. The molecule has 1 saturated carbocycles. The molecule has 0 bridgehead atoms. The Kier molecular flexibility index (Phi) is 5.17. The number of aromatic nitrogens is 2. The van der Waals surface area contributed by atoms with Crippen LogP contribution in [-0.2, 0) is 14.8 Å². The minimum atomic E-state index is -3.48. The molecule has 0 atom stereocenters. The van der Waals surface area contributed by atoms with Crippen LogP contribution in [0.3, 0.4) is 0 Å².